The molecule has 0 unspecified atom stereocenters. The number of nitrogens with two attached hydrogens (primary N) is 1. The Labute approximate surface area is 196 Å². The highest BCUT2D eigenvalue weighted by Crippen LogP contribution is 2.46. The number of rotatable bonds is 6. The largest absolute Gasteiger partial charge is 0.377 e. The molecule has 4 nitrogen and oxygen atoms in total. The molecule has 3 aromatic rings. The first-order valence-electron chi connectivity index (χ1n) is 10.3. The molecule has 1 amide bonds. The number of ether oxygens (including phenoxy) is 1. The van der Waals surface area contributed by atoms with E-state index in [0.29, 0.717) is 28.1 Å². The third kappa shape index (κ3) is 4.60. The van der Waals surface area contributed by atoms with E-state index in [1.165, 1.54) is 16.9 Å². The molecule has 7 heteroatoms. The summed E-state index contributed by atoms with van der Waals surface area (Å²) in [6.07, 6.45) is 1.62. The highest BCUT2D eigenvalue weighted by Gasteiger charge is 2.31. The van der Waals surface area contributed by atoms with Gasteiger partial charge in [0.25, 0.3) is 5.91 Å². The molecule has 0 radical (unpaired) electrons. The van der Waals surface area contributed by atoms with Crippen LogP contribution in [0.3, 0.4) is 0 Å². The van der Waals surface area contributed by atoms with Crippen molar-refractivity contribution in [2.45, 2.75) is 25.8 Å². The Morgan fingerprint density at radius 3 is 2.68 bits per heavy atom. The van der Waals surface area contributed by atoms with Crippen LogP contribution in [0.15, 0.2) is 48.5 Å². The van der Waals surface area contributed by atoms with Gasteiger partial charge in [0.2, 0.25) is 0 Å². The van der Waals surface area contributed by atoms with Crippen LogP contribution in [-0.4, -0.2) is 31.7 Å². The maximum Gasteiger partial charge on any atom is 0.259 e. The van der Waals surface area contributed by atoms with Gasteiger partial charge in [-0.3, -0.25) is 4.79 Å². The van der Waals surface area contributed by atoms with E-state index >= 15 is 0 Å². The summed E-state index contributed by atoms with van der Waals surface area (Å²) >= 11 is 14.1. The molecule has 1 aliphatic heterocycles. The lowest BCUT2D eigenvalue weighted by Crippen LogP contribution is -2.46. The first-order chi connectivity index (χ1) is 15.0. The Balaban J connectivity index is 1.81. The van der Waals surface area contributed by atoms with E-state index in [-0.39, 0.29) is 6.04 Å². The molecule has 1 fully saturated rings. The van der Waals surface area contributed by atoms with Crippen LogP contribution in [0.1, 0.15) is 27.7 Å². The zero-order chi connectivity index (χ0) is 22.0. The molecular weight excluding hydrogens is 451 g/mol. The predicted octanol–water partition coefficient (Wildman–Crippen LogP) is 5.83. The zero-order valence-electron chi connectivity index (χ0n) is 17.2. The van der Waals surface area contributed by atoms with Gasteiger partial charge in [0.15, 0.2) is 0 Å². The summed E-state index contributed by atoms with van der Waals surface area (Å²) < 4.78 is 5.82. The lowest BCUT2D eigenvalue weighted by atomic mass is 9.98. The fourth-order valence-corrected chi connectivity index (χ4v) is 6.00. The van der Waals surface area contributed by atoms with Crippen LogP contribution in [0.2, 0.25) is 10.0 Å². The van der Waals surface area contributed by atoms with Gasteiger partial charge >= 0.3 is 0 Å². The van der Waals surface area contributed by atoms with Gasteiger partial charge in [-0.15, -0.1) is 11.3 Å². The van der Waals surface area contributed by atoms with Crippen molar-refractivity contribution in [2.24, 2.45) is 5.73 Å². The molecule has 162 valence electrons. The van der Waals surface area contributed by atoms with Crippen LogP contribution in [0.5, 0.6) is 0 Å². The molecule has 0 aliphatic carbocycles. The summed E-state index contributed by atoms with van der Waals surface area (Å²) in [7, 11) is 0. The number of halogens is 2. The number of morpholine rings is 1. The quantitative estimate of drug-likeness (QED) is 0.488. The maximum absolute atomic E-state index is 12.4. The first-order valence-corrected chi connectivity index (χ1v) is 11.9. The van der Waals surface area contributed by atoms with Crippen molar-refractivity contribution in [3.63, 3.8) is 0 Å². The summed E-state index contributed by atoms with van der Waals surface area (Å²) in [4.78, 5) is 15.3. The molecule has 2 aromatic carbocycles. The molecular formula is C24H24Cl2N2O2S. The van der Waals surface area contributed by atoms with E-state index in [9.17, 15) is 4.79 Å². The van der Waals surface area contributed by atoms with Gasteiger partial charge in [0.05, 0.1) is 24.3 Å². The first kappa shape index (κ1) is 22.2. The lowest BCUT2D eigenvalue weighted by molar-refractivity contribution is 0.0944. The highest BCUT2D eigenvalue weighted by molar-refractivity contribution is 7.18. The molecule has 1 aromatic heterocycles. The van der Waals surface area contributed by atoms with Crippen molar-refractivity contribution in [1.29, 1.82) is 0 Å². The number of carbonyl (C=O) groups excluding carboxylic acids is 1. The van der Waals surface area contributed by atoms with Crippen LogP contribution >= 0.6 is 34.5 Å². The Morgan fingerprint density at radius 1 is 1.23 bits per heavy atom. The average molecular weight is 475 g/mol. The molecule has 0 spiro atoms. The molecule has 0 bridgehead atoms. The van der Waals surface area contributed by atoms with Crippen molar-refractivity contribution >= 4 is 45.4 Å². The highest BCUT2D eigenvalue weighted by atomic mass is 35.5. The molecule has 1 saturated heterocycles. The van der Waals surface area contributed by atoms with Gasteiger partial charge < -0.3 is 15.4 Å². The SMILES string of the molecule is CCc1c(N2CCOC[C@@H]2Cc2ccccc2)sc(C(N)=O)c1-c1ccc(Cl)cc1Cl. The Bertz CT molecular complexity index is 1080. The number of nitrogens with zero attached hydrogens (tertiary/aromatic N) is 1. The van der Waals surface area contributed by atoms with E-state index in [1.807, 2.05) is 12.1 Å². The minimum Gasteiger partial charge on any atom is -0.377 e. The molecule has 4 rings (SSSR count). The topological polar surface area (TPSA) is 55.6 Å². The summed E-state index contributed by atoms with van der Waals surface area (Å²) in [6, 6.07) is 15.9. The Morgan fingerprint density at radius 2 is 2.00 bits per heavy atom. The van der Waals surface area contributed by atoms with Gasteiger partial charge in [-0.1, -0.05) is 66.5 Å². The monoisotopic (exact) mass is 474 g/mol. The second-order valence-electron chi connectivity index (χ2n) is 7.54. The molecule has 2 N–H and O–H groups in total. The number of benzene rings is 2. The van der Waals surface area contributed by atoms with E-state index in [1.54, 1.807) is 12.1 Å². The number of thiophene rings is 1. The van der Waals surface area contributed by atoms with E-state index < -0.39 is 5.91 Å². The van der Waals surface area contributed by atoms with Crippen LogP contribution in [0, 0.1) is 0 Å². The van der Waals surface area contributed by atoms with Gasteiger partial charge in [0, 0.05) is 27.7 Å². The van der Waals surface area contributed by atoms with Gasteiger partial charge in [-0.2, -0.15) is 0 Å². The van der Waals surface area contributed by atoms with Crippen molar-refractivity contribution in [2.75, 3.05) is 24.7 Å². The third-order valence-corrected chi connectivity index (χ3v) is 7.40. The van der Waals surface area contributed by atoms with Crippen molar-refractivity contribution < 1.29 is 9.53 Å². The summed E-state index contributed by atoms with van der Waals surface area (Å²) in [6.45, 7) is 4.14. The number of primary amides is 1. The number of anilines is 1. The van der Waals surface area contributed by atoms with Crippen LogP contribution in [-0.2, 0) is 17.6 Å². The minimum atomic E-state index is -0.445. The van der Waals surface area contributed by atoms with Crippen molar-refractivity contribution in [3.8, 4) is 11.1 Å². The van der Waals surface area contributed by atoms with Crippen molar-refractivity contribution in [3.05, 3.63) is 74.6 Å². The van der Waals surface area contributed by atoms with E-state index in [4.69, 9.17) is 33.7 Å². The molecule has 1 atom stereocenters. The summed E-state index contributed by atoms with van der Waals surface area (Å²) in [5.74, 6) is -0.445. The number of hydrogen-bond donors (Lipinski definition) is 1. The van der Waals surface area contributed by atoms with Crippen LogP contribution in [0.4, 0.5) is 5.00 Å². The number of carbonyl (C=O) groups is 1. The van der Waals surface area contributed by atoms with Gasteiger partial charge in [0.1, 0.15) is 4.88 Å². The number of hydrogen-bond acceptors (Lipinski definition) is 4. The predicted molar refractivity (Wildman–Crippen MR) is 130 cm³/mol. The third-order valence-electron chi connectivity index (χ3n) is 5.57. The molecule has 31 heavy (non-hydrogen) atoms. The summed E-state index contributed by atoms with van der Waals surface area (Å²) in [5.41, 5.74) is 9.77. The minimum absolute atomic E-state index is 0.175. The molecule has 2 heterocycles. The standard InChI is InChI=1S/C24H24Cl2N2O2S/c1-2-18-21(19-9-8-16(25)13-20(19)26)22(23(27)29)31-24(18)28-10-11-30-14-17(28)12-15-6-4-3-5-7-15/h3-9,13,17H,2,10-12,14H2,1H3,(H2,27,29)/t17-/m0/s1. The smallest absolute Gasteiger partial charge is 0.259 e. The van der Waals surface area contributed by atoms with Crippen LogP contribution < -0.4 is 10.6 Å². The second kappa shape index (κ2) is 9.61. The Hall–Kier alpha value is -2.05. The van der Waals surface area contributed by atoms with Gasteiger partial charge in [-0.05, 0) is 36.1 Å². The van der Waals surface area contributed by atoms with Crippen molar-refractivity contribution in [1.82, 2.24) is 0 Å². The zero-order valence-corrected chi connectivity index (χ0v) is 19.6. The van der Waals surface area contributed by atoms with E-state index in [0.717, 1.165) is 41.1 Å². The second-order valence-corrected chi connectivity index (χ2v) is 9.39. The fraction of sp³-hybridized carbons (Fsp3) is 0.292. The van der Waals surface area contributed by atoms with E-state index in [2.05, 4.69) is 36.1 Å². The maximum atomic E-state index is 12.4. The normalized spacial score (nSPS) is 16.5. The molecule has 0 saturated carbocycles. The number of amides is 1. The Kier molecular flexibility index (Phi) is 6.87. The molecule has 1 aliphatic rings. The van der Waals surface area contributed by atoms with Crippen LogP contribution in [0.25, 0.3) is 11.1 Å². The lowest BCUT2D eigenvalue weighted by Gasteiger charge is -2.37. The summed E-state index contributed by atoms with van der Waals surface area (Å²) in [5, 5.41) is 2.14. The fourth-order valence-electron chi connectivity index (χ4n) is 4.14. The van der Waals surface area contributed by atoms with Gasteiger partial charge in [-0.25, -0.2) is 0 Å². The average Bonchev–Trinajstić information content (AvgIpc) is 3.14.